The molecule has 5 nitrogen and oxygen atoms in total. The third-order valence-corrected chi connectivity index (χ3v) is 4.45. The van der Waals surface area contributed by atoms with Crippen molar-refractivity contribution in [2.75, 3.05) is 13.7 Å². The van der Waals surface area contributed by atoms with Crippen LogP contribution in [0.3, 0.4) is 0 Å². The van der Waals surface area contributed by atoms with Crippen molar-refractivity contribution in [2.45, 2.75) is 12.8 Å². The van der Waals surface area contributed by atoms with E-state index in [0.717, 1.165) is 11.1 Å². The Labute approximate surface area is 140 Å². The van der Waals surface area contributed by atoms with E-state index < -0.39 is 0 Å². The topological polar surface area (TPSA) is 76.0 Å². The summed E-state index contributed by atoms with van der Waals surface area (Å²) in [4.78, 5) is 12.1. The third-order valence-electron chi connectivity index (χ3n) is 4.45. The fourth-order valence-electron chi connectivity index (χ4n) is 3.09. The Hall–Kier alpha value is -2.69. The van der Waals surface area contributed by atoms with Crippen molar-refractivity contribution in [1.29, 1.82) is 0 Å². The number of phenols is 2. The minimum absolute atomic E-state index is 0.0700. The van der Waals surface area contributed by atoms with Gasteiger partial charge in [0.05, 0.1) is 19.6 Å². The predicted molar refractivity (Wildman–Crippen MR) is 88.1 cm³/mol. The average molecular weight is 328 g/mol. The zero-order valence-electron chi connectivity index (χ0n) is 13.4. The molecule has 0 amide bonds. The lowest BCUT2D eigenvalue weighted by Crippen LogP contribution is -2.20. The van der Waals surface area contributed by atoms with Crippen LogP contribution < -0.4 is 4.74 Å². The van der Waals surface area contributed by atoms with Crippen molar-refractivity contribution >= 4 is 5.97 Å². The number of benzene rings is 2. The van der Waals surface area contributed by atoms with Crippen molar-refractivity contribution in [3.8, 4) is 17.2 Å². The standard InChI is InChI=1S/C19H20O5/c1-23-18-10-13(4-7-17(18)21)8-14-11-24-19(22)16(14)9-12-2-5-15(20)6-3-12/h2-7,10,14,16,20-21H,8-9,11H2,1H3. The van der Waals surface area contributed by atoms with E-state index in [1.54, 1.807) is 24.3 Å². The molecule has 1 aliphatic rings. The fourth-order valence-corrected chi connectivity index (χ4v) is 3.09. The lowest BCUT2D eigenvalue weighted by atomic mass is 9.85. The second-order valence-corrected chi connectivity index (χ2v) is 6.08. The summed E-state index contributed by atoms with van der Waals surface area (Å²) >= 11 is 0. The number of ether oxygens (including phenoxy) is 2. The summed E-state index contributed by atoms with van der Waals surface area (Å²) in [6.07, 6.45) is 1.25. The van der Waals surface area contributed by atoms with Gasteiger partial charge in [-0.1, -0.05) is 18.2 Å². The van der Waals surface area contributed by atoms with Gasteiger partial charge >= 0.3 is 5.97 Å². The van der Waals surface area contributed by atoms with Gasteiger partial charge in [0.15, 0.2) is 11.5 Å². The van der Waals surface area contributed by atoms with Gasteiger partial charge in [-0.2, -0.15) is 0 Å². The number of cyclic esters (lactones) is 1. The minimum atomic E-state index is -0.214. The van der Waals surface area contributed by atoms with Crippen LogP contribution in [-0.4, -0.2) is 29.9 Å². The van der Waals surface area contributed by atoms with E-state index in [0.29, 0.717) is 25.2 Å². The zero-order chi connectivity index (χ0) is 17.1. The molecule has 0 bridgehead atoms. The molecule has 2 unspecified atom stereocenters. The van der Waals surface area contributed by atoms with Gasteiger partial charge < -0.3 is 19.7 Å². The van der Waals surface area contributed by atoms with Gasteiger partial charge in [0.2, 0.25) is 0 Å². The smallest absolute Gasteiger partial charge is 0.309 e. The zero-order valence-corrected chi connectivity index (χ0v) is 13.4. The highest BCUT2D eigenvalue weighted by Crippen LogP contribution is 2.32. The molecule has 2 aromatic carbocycles. The van der Waals surface area contributed by atoms with Crippen LogP contribution in [0.2, 0.25) is 0 Å². The first-order valence-electron chi connectivity index (χ1n) is 7.87. The quantitative estimate of drug-likeness (QED) is 0.825. The molecule has 1 fully saturated rings. The summed E-state index contributed by atoms with van der Waals surface area (Å²) in [5.74, 6) is 0.405. The van der Waals surface area contributed by atoms with E-state index in [1.807, 2.05) is 18.2 Å². The summed E-state index contributed by atoms with van der Waals surface area (Å²) < 4.78 is 10.4. The second-order valence-electron chi connectivity index (χ2n) is 6.08. The summed E-state index contributed by atoms with van der Waals surface area (Å²) in [6, 6.07) is 12.1. The highest BCUT2D eigenvalue weighted by molar-refractivity contribution is 5.75. The Morgan fingerprint density at radius 1 is 1.08 bits per heavy atom. The number of carbonyl (C=O) groups is 1. The van der Waals surface area contributed by atoms with Crippen LogP contribution in [0.4, 0.5) is 0 Å². The fraction of sp³-hybridized carbons (Fsp3) is 0.316. The normalized spacial score (nSPS) is 20.0. The molecule has 2 atom stereocenters. The van der Waals surface area contributed by atoms with Crippen molar-refractivity contribution in [3.63, 3.8) is 0 Å². The maximum absolute atomic E-state index is 12.1. The number of rotatable bonds is 5. The Kier molecular flexibility index (Phi) is 4.60. The van der Waals surface area contributed by atoms with Gasteiger partial charge in [-0.25, -0.2) is 0 Å². The van der Waals surface area contributed by atoms with Crippen molar-refractivity contribution in [2.24, 2.45) is 11.8 Å². The molecule has 0 aromatic heterocycles. The summed E-state index contributed by atoms with van der Waals surface area (Å²) in [5.41, 5.74) is 1.98. The Morgan fingerprint density at radius 2 is 1.79 bits per heavy atom. The molecule has 1 saturated heterocycles. The van der Waals surface area contributed by atoms with Crippen molar-refractivity contribution < 1.29 is 24.5 Å². The van der Waals surface area contributed by atoms with Crippen LogP contribution in [0.1, 0.15) is 11.1 Å². The van der Waals surface area contributed by atoms with E-state index in [1.165, 1.54) is 7.11 Å². The average Bonchev–Trinajstić information content (AvgIpc) is 2.92. The number of hydrogen-bond donors (Lipinski definition) is 2. The number of carbonyl (C=O) groups excluding carboxylic acids is 1. The number of esters is 1. The molecule has 126 valence electrons. The number of aromatic hydroxyl groups is 2. The first kappa shape index (κ1) is 16.2. The molecular formula is C19H20O5. The molecular weight excluding hydrogens is 308 g/mol. The van der Waals surface area contributed by atoms with Gasteiger partial charge in [-0.3, -0.25) is 4.79 Å². The molecule has 0 spiro atoms. The SMILES string of the molecule is COc1cc(CC2COC(=O)C2Cc2ccc(O)cc2)ccc1O. The molecule has 0 saturated carbocycles. The van der Waals surface area contributed by atoms with Crippen molar-refractivity contribution in [3.05, 3.63) is 53.6 Å². The number of phenolic OH excluding ortho intramolecular Hbond substituents is 2. The molecule has 24 heavy (non-hydrogen) atoms. The number of hydrogen-bond acceptors (Lipinski definition) is 5. The van der Waals surface area contributed by atoms with Gasteiger partial charge in [0.25, 0.3) is 0 Å². The molecule has 1 heterocycles. The van der Waals surface area contributed by atoms with Crippen LogP contribution in [-0.2, 0) is 22.4 Å². The first-order chi connectivity index (χ1) is 11.6. The molecule has 1 aliphatic heterocycles. The molecule has 5 heteroatoms. The maximum atomic E-state index is 12.1. The van der Waals surface area contributed by atoms with Crippen LogP contribution in [0.5, 0.6) is 17.2 Å². The summed E-state index contributed by atoms with van der Waals surface area (Å²) in [7, 11) is 1.51. The largest absolute Gasteiger partial charge is 0.508 e. The lowest BCUT2D eigenvalue weighted by Gasteiger charge is -2.16. The second kappa shape index (κ2) is 6.83. The highest BCUT2D eigenvalue weighted by atomic mass is 16.5. The first-order valence-corrected chi connectivity index (χ1v) is 7.87. The van der Waals surface area contributed by atoms with Gasteiger partial charge in [0, 0.05) is 5.92 Å². The van der Waals surface area contributed by atoms with Gasteiger partial charge in [-0.05, 0) is 48.2 Å². The number of methoxy groups -OCH3 is 1. The van der Waals surface area contributed by atoms with Crippen LogP contribution >= 0.6 is 0 Å². The molecule has 2 aromatic rings. The van der Waals surface area contributed by atoms with E-state index in [2.05, 4.69) is 0 Å². The van der Waals surface area contributed by atoms with E-state index in [4.69, 9.17) is 9.47 Å². The minimum Gasteiger partial charge on any atom is -0.508 e. The maximum Gasteiger partial charge on any atom is 0.309 e. The van der Waals surface area contributed by atoms with E-state index >= 15 is 0 Å². The van der Waals surface area contributed by atoms with Gasteiger partial charge in [0.1, 0.15) is 5.75 Å². The van der Waals surface area contributed by atoms with Crippen LogP contribution in [0, 0.1) is 11.8 Å². The lowest BCUT2D eigenvalue weighted by molar-refractivity contribution is -0.141. The molecule has 2 N–H and O–H groups in total. The summed E-state index contributed by atoms with van der Waals surface area (Å²) in [5, 5.41) is 19.0. The molecule has 0 radical (unpaired) electrons. The highest BCUT2D eigenvalue weighted by Gasteiger charge is 2.36. The van der Waals surface area contributed by atoms with E-state index in [9.17, 15) is 15.0 Å². The molecule has 0 aliphatic carbocycles. The van der Waals surface area contributed by atoms with Crippen LogP contribution in [0.15, 0.2) is 42.5 Å². The Balaban J connectivity index is 1.74. The third kappa shape index (κ3) is 3.45. The molecule has 3 rings (SSSR count). The Morgan fingerprint density at radius 3 is 2.50 bits per heavy atom. The summed E-state index contributed by atoms with van der Waals surface area (Å²) in [6.45, 7) is 0.394. The van der Waals surface area contributed by atoms with E-state index in [-0.39, 0.29) is 29.3 Å². The van der Waals surface area contributed by atoms with Crippen LogP contribution in [0.25, 0.3) is 0 Å². The monoisotopic (exact) mass is 328 g/mol. The van der Waals surface area contributed by atoms with Gasteiger partial charge in [-0.15, -0.1) is 0 Å². The van der Waals surface area contributed by atoms with Crippen molar-refractivity contribution in [1.82, 2.24) is 0 Å². The predicted octanol–water partition coefficient (Wildman–Crippen LogP) is 2.68. The Bertz CT molecular complexity index is 723.